The second kappa shape index (κ2) is 8.03. The molecule has 2 atom stereocenters. The van der Waals surface area contributed by atoms with E-state index in [0.717, 1.165) is 5.92 Å². The summed E-state index contributed by atoms with van der Waals surface area (Å²) in [5, 5.41) is 0.642. The van der Waals surface area contributed by atoms with Crippen molar-refractivity contribution in [3.05, 3.63) is 0 Å². The Morgan fingerprint density at radius 3 is 2.20 bits per heavy atom. The lowest BCUT2D eigenvalue weighted by molar-refractivity contribution is 0.0600. The second-order valence-electron chi connectivity index (χ2n) is 6.72. The number of ether oxygens (including phenoxy) is 1. The molecule has 1 heterocycles. The topological polar surface area (TPSA) is 55.6 Å². The highest BCUT2D eigenvalue weighted by Gasteiger charge is 2.40. The molecule has 1 aliphatic heterocycles. The number of likely N-dealkylation sites (tertiary alicyclic amines) is 1. The van der Waals surface area contributed by atoms with Gasteiger partial charge in [0.15, 0.2) is 0 Å². The smallest absolute Gasteiger partial charge is 0.405 e. The first-order chi connectivity index (χ1) is 9.10. The minimum atomic E-state index is -0.725. The lowest BCUT2D eigenvalue weighted by atomic mass is 9.94. The summed E-state index contributed by atoms with van der Waals surface area (Å²) >= 11 is 0. The van der Waals surface area contributed by atoms with Gasteiger partial charge in [0, 0.05) is 15.4 Å². The van der Waals surface area contributed by atoms with E-state index in [9.17, 15) is 4.79 Å². The van der Waals surface area contributed by atoms with Gasteiger partial charge in [0.1, 0.15) is 5.60 Å². The van der Waals surface area contributed by atoms with E-state index in [-0.39, 0.29) is 0 Å². The number of nitrogens with zero attached hydrogens (tertiary/aromatic N) is 1. The molecule has 1 amide bonds. The van der Waals surface area contributed by atoms with Gasteiger partial charge in [0.25, 0.3) is 0 Å². The van der Waals surface area contributed by atoms with Gasteiger partial charge in [-0.3, -0.25) is 0 Å². The number of carbonyl (C=O) groups is 1. The third kappa shape index (κ3) is 5.83. The molecule has 2 N–H and O–H groups in total. The van der Waals surface area contributed by atoms with Gasteiger partial charge in [0.05, 0.1) is 0 Å². The van der Waals surface area contributed by atoms with Crippen LogP contribution in [0.15, 0.2) is 0 Å². The maximum Gasteiger partial charge on any atom is 0.405 e. The molecule has 0 aromatic carbocycles. The Bertz CT molecular complexity index is 291. The standard InChI is InChI=1S/C10H23NSi.C5H11NO2/c1-4-9-7-8-11(6-3)10(9,12)5-2;1-5(2,3)8-4(6)7/h9H,4-8H2,1-3,12H3;1-3H3,(H2,6,7). The molecular weight excluding hydrogens is 268 g/mol. The summed E-state index contributed by atoms with van der Waals surface area (Å²) in [7, 11) is 1.34. The minimum Gasteiger partial charge on any atom is -0.444 e. The zero-order valence-corrected chi connectivity index (χ0v) is 16.5. The van der Waals surface area contributed by atoms with E-state index in [1.54, 1.807) is 20.8 Å². The summed E-state index contributed by atoms with van der Waals surface area (Å²) in [6.07, 6.45) is 3.47. The first kappa shape index (κ1) is 19.4. The number of primary amides is 1. The Labute approximate surface area is 127 Å². The summed E-state index contributed by atoms with van der Waals surface area (Å²) in [5.41, 5.74) is 4.26. The van der Waals surface area contributed by atoms with Gasteiger partial charge in [-0.05, 0) is 52.6 Å². The van der Waals surface area contributed by atoms with Gasteiger partial charge < -0.3 is 15.4 Å². The predicted octanol–water partition coefficient (Wildman–Crippen LogP) is 2.09. The largest absolute Gasteiger partial charge is 0.444 e. The maximum absolute atomic E-state index is 10.0. The van der Waals surface area contributed by atoms with Crippen LogP contribution in [0, 0.1) is 5.92 Å². The van der Waals surface area contributed by atoms with Crippen LogP contribution in [0.5, 0.6) is 0 Å². The van der Waals surface area contributed by atoms with Crippen LogP contribution in [0.25, 0.3) is 0 Å². The molecule has 0 saturated carbocycles. The van der Waals surface area contributed by atoms with Crippen molar-refractivity contribution in [2.24, 2.45) is 11.7 Å². The summed E-state index contributed by atoms with van der Waals surface area (Å²) in [6, 6.07) is 0. The Morgan fingerprint density at radius 2 is 1.95 bits per heavy atom. The molecule has 0 radical (unpaired) electrons. The summed E-state index contributed by atoms with van der Waals surface area (Å²) in [4.78, 5) is 12.7. The number of hydrogen-bond donors (Lipinski definition) is 1. The van der Waals surface area contributed by atoms with E-state index in [2.05, 4.69) is 30.4 Å². The lowest BCUT2D eigenvalue weighted by Crippen LogP contribution is -2.47. The molecule has 1 saturated heterocycles. The molecule has 2 unspecified atom stereocenters. The van der Waals surface area contributed by atoms with Crippen LogP contribution in [0.4, 0.5) is 4.79 Å². The van der Waals surface area contributed by atoms with Crippen LogP contribution >= 0.6 is 0 Å². The van der Waals surface area contributed by atoms with Crippen molar-refractivity contribution in [3.8, 4) is 0 Å². The molecule has 1 rings (SSSR count). The first-order valence-corrected chi connectivity index (χ1v) is 8.84. The van der Waals surface area contributed by atoms with E-state index in [0.29, 0.717) is 5.16 Å². The van der Waals surface area contributed by atoms with E-state index in [1.807, 2.05) is 0 Å². The molecule has 0 spiro atoms. The summed E-state index contributed by atoms with van der Waals surface area (Å²) in [5.74, 6) is 0.995. The highest BCUT2D eigenvalue weighted by Crippen LogP contribution is 2.36. The second-order valence-corrected chi connectivity index (χ2v) is 8.45. The molecule has 1 aliphatic rings. The molecule has 5 heteroatoms. The number of amides is 1. The van der Waals surface area contributed by atoms with E-state index in [4.69, 9.17) is 5.73 Å². The van der Waals surface area contributed by atoms with Crippen LogP contribution in [0.2, 0.25) is 0 Å². The quantitative estimate of drug-likeness (QED) is 0.812. The normalized spacial score (nSPS) is 27.0. The molecule has 120 valence electrons. The maximum atomic E-state index is 10.0. The number of hydrogen-bond acceptors (Lipinski definition) is 3. The minimum absolute atomic E-state index is 0.453. The van der Waals surface area contributed by atoms with Crippen molar-refractivity contribution in [1.82, 2.24) is 4.90 Å². The summed E-state index contributed by atoms with van der Waals surface area (Å²) in [6.45, 7) is 14.9. The fourth-order valence-corrected chi connectivity index (χ4v) is 4.35. The predicted molar refractivity (Wildman–Crippen MR) is 89.0 cm³/mol. The van der Waals surface area contributed by atoms with Crippen LogP contribution in [-0.4, -0.2) is 45.1 Å². The Kier molecular flexibility index (Phi) is 7.81. The highest BCUT2D eigenvalue weighted by molar-refractivity contribution is 6.15. The van der Waals surface area contributed by atoms with Gasteiger partial charge >= 0.3 is 6.09 Å². The average Bonchev–Trinajstić information content (AvgIpc) is 2.63. The first-order valence-electron chi connectivity index (χ1n) is 7.84. The van der Waals surface area contributed by atoms with E-state index < -0.39 is 11.7 Å². The van der Waals surface area contributed by atoms with Crippen molar-refractivity contribution < 1.29 is 9.53 Å². The van der Waals surface area contributed by atoms with Gasteiger partial charge in [0.2, 0.25) is 0 Å². The van der Waals surface area contributed by atoms with Crippen molar-refractivity contribution in [2.75, 3.05) is 13.1 Å². The zero-order valence-electron chi connectivity index (χ0n) is 14.5. The number of carbonyl (C=O) groups excluding carboxylic acids is 1. The molecule has 4 nitrogen and oxygen atoms in total. The number of nitrogens with two attached hydrogens (primary N) is 1. The lowest BCUT2D eigenvalue weighted by Gasteiger charge is -2.38. The Morgan fingerprint density at radius 1 is 1.40 bits per heavy atom. The molecule has 0 aromatic rings. The van der Waals surface area contributed by atoms with Crippen molar-refractivity contribution >= 4 is 16.3 Å². The van der Waals surface area contributed by atoms with Crippen LogP contribution in [0.3, 0.4) is 0 Å². The molecule has 0 aliphatic carbocycles. The average molecular weight is 303 g/mol. The molecule has 20 heavy (non-hydrogen) atoms. The SMILES string of the molecule is CC(C)(C)OC(N)=O.CCC1CCN(CC)C1([SiH3])CC. The van der Waals surface area contributed by atoms with Crippen LogP contribution < -0.4 is 5.73 Å². The van der Waals surface area contributed by atoms with Crippen LogP contribution in [-0.2, 0) is 4.74 Å². The Balaban J connectivity index is 0.000000396. The van der Waals surface area contributed by atoms with Crippen LogP contribution in [0.1, 0.15) is 60.8 Å². The third-order valence-electron chi connectivity index (χ3n) is 4.35. The van der Waals surface area contributed by atoms with Crippen molar-refractivity contribution in [3.63, 3.8) is 0 Å². The van der Waals surface area contributed by atoms with Crippen molar-refractivity contribution in [2.45, 2.75) is 71.6 Å². The zero-order chi connectivity index (χ0) is 16.0. The third-order valence-corrected chi connectivity index (χ3v) is 6.50. The van der Waals surface area contributed by atoms with Crippen molar-refractivity contribution in [1.29, 1.82) is 0 Å². The van der Waals surface area contributed by atoms with E-state index >= 15 is 0 Å². The molecule has 0 aromatic heterocycles. The molecule has 0 bridgehead atoms. The van der Waals surface area contributed by atoms with Gasteiger partial charge in [-0.1, -0.05) is 27.2 Å². The fourth-order valence-electron chi connectivity index (χ4n) is 3.11. The van der Waals surface area contributed by atoms with Gasteiger partial charge in [-0.2, -0.15) is 0 Å². The monoisotopic (exact) mass is 302 g/mol. The molecule has 1 fully saturated rings. The molecular formula is C15H34N2O2Si. The Hall–Kier alpha value is -0.553. The van der Waals surface area contributed by atoms with E-state index in [1.165, 1.54) is 42.6 Å². The summed E-state index contributed by atoms with van der Waals surface area (Å²) < 4.78 is 4.58. The fraction of sp³-hybridized carbons (Fsp3) is 0.933. The highest BCUT2D eigenvalue weighted by atomic mass is 28.1. The van der Waals surface area contributed by atoms with Gasteiger partial charge in [-0.15, -0.1) is 0 Å². The van der Waals surface area contributed by atoms with Gasteiger partial charge in [-0.25, -0.2) is 4.79 Å². The number of rotatable bonds is 3.